The fraction of sp³-hybridized carbons (Fsp3) is 0.268. The van der Waals surface area contributed by atoms with Crippen LogP contribution in [-0.4, -0.2) is 0 Å². The van der Waals surface area contributed by atoms with E-state index in [9.17, 15) is 0 Å². The van der Waals surface area contributed by atoms with E-state index >= 15 is 0 Å². The molecule has 0 unspecified atom stereocenters. The molecular formula is C71H92. The fourth-order valence-electron chi connectivity index (χ4n) is 7.92. The standard InChI is InChI=1S/2C26H18.C3H8.8C2H6/c2*1-3-11-19(12-4-1)25-21-15-7-9-17-23(21)26(20-13-5-2-6-14-20)24-18-10-8-16-22(24)25;1-3-2;8*1-2/h2*1-18H;3H2,1-2H3;8*1-2H3. The van der Waals surface area contributed by atoms with E-state index in [4.69, 9.17) is 0 Å². The summed E-state index contributed by atoms with van der Waals surface area (Å²) < 4.78 is 0. The van der Waals surface area contributed by atoms with Gasteiger partial charge in [-0.1, -0.05) is 349 Å². The van der Waals surface area contributed by atoms with E-state index < -0.39 is 0 Å². The number of benzene rings is 10. The van der Waals surface area contributed by atoms with E-state index in [2.05, 4.69) is 232 Å². The van der Waals surface area contributed by atoms with Crippen molar-refractivity contribution >= 4 is 43.1 Å². The molecule has 0 fully saturated rings. The summed E-state index contributed by atoms with van der Waals surface area (Å²) in [5.41, 5.74) is 10.3. The van der Waals surface area contributed by atoms with Crippen LogP contribution >= 0.6 is 0 Å². The average Bonchev–Trinajstić information content (AvgIpc) is 3.49. The Hall–Kier alpha value is -6.76. The van der Waals surface area contributed by atoms with Crippen LogP contribution in [0, 0.1) is 0 Å². The van der Waals surface area contributed by atoms with E-state index in [0.29, 0.717) is 0 Å². The first-order valence-electron chi connectivity index (χ1n) is 27.4. The lowest BCUT2D eigenvalue weighted by atomic mass is 9.86. The molecule has 0 nitrogen and oxygen atoms in total. The van der Waals surface area contributed by atoms with Crippen molar-refractivity contribution < 1.29 is 0 Å². The molecule has 71 heavy (non-hydrogen) atoms. The van der Waals surface area contributed by atoms with Crippen molar-refractivity contribution in [3.63, 3.8) is 0 Å². The zero-order chi connectivity index (χ0) is 53.4. The van der Waals surface area contributed by atoms with Crippen molar-refractivity contribution in [2.24, 2.45) is 0 Å². The molecule has 0 aromatic heterocycles. The Bertz CT molecular complexity index is 2310. The van der Waals surface area contributed by atoms with Crippen molar-refractivity contribution in [1.29, 1.82) is 0 Å². The Kier molecular flexibility index (Phi) is 36.2. The van der Waals surface area contributed by atoms with Gasteiger partial charge in [-0.3, -0.25) is 0 Å². The second-order valence-corrected chi connectivity index (χ2v) is 13.9. The molecule has 0 atom stereocenters. The van der Waals surface area contributed by atoms with Gasteiger partial charge in [-0.05, 0) is 87.6 Å². The molecule has 376 valence electrons. The second kappa shape index (κ2) is 40.0. The summed E-state index contributed by atoms with van der Waals surface area (Å²) in [7, 11) is 0. The minimum atomic E-state index is 1.25. The Morgan fingerprint density at radius 3 is 0.380 bits per heavy atom. The van der Waals surface area contributed by atoms with Crippen molar-refractivity contribution in [3.05, 3.63) is 218 Å². The quantitative estimate of drug-likeness (QED) is 0.154. The van der Waals surface area contributed by atoms with E-state index in [1.54, 1.807) is 0 Å². The smallest absolute Gasteiger partial charge is 0.00264 e. The molecule has 10 aromatic carbocycles. The first-order valence-corrected chi connectivity index (χ1v) is 27.4. The van der Waals surface area contributed by atoms with Crippen LogP contribution in [0.2, 0.25) is 0 Å². The van der Waals surface area contributed by atoms with Gasteiger partial charge in [-0.15, -0.1) is 0 Å². The van der Waals surface area contributed by atoms with Gasteiger partial charge in [-0.2, -0.15) is 0 Å². The summed E-state index contributed by atoms with van der Waals surface area (Å²) in [6.45, 7) is 36.2. The van der Waals surface area contributed by atoms with Gasteiger partial charge in [0.2, 0.25) is 0 Å². The van der Waals surface area contributed by atoms with Gasteiger partial charge in [0.25, 0.3) is 0 Å². The lowest BCUT2D eigenvalue weighted by Crippen LogP contribution is -1.90. The highest BCUT2D eigenvalue weighted by Crippen LogP contribution is 2.45. The van der Waals surface area contributed by atoms with Gasteiger partial charge in [0.05, 0.1) is 0 Å². The van der Waals surface area contributed by atoms with Gasteiger partial charge in [0, 0.05) is 0 Å². The van der Waals surface area contributed by atoms with E-state index in [0.717, 1.165) is 0 Å². The maximum absolute atomic E-state index is 2.25. The number of rotatable bonds is 4. The van der Waals surface area contributed by atoms with Crippen LogP contribution in [0.3, 0.4) is 0 Å². The monoisotopic (exact) mass is 945 g/mol. The third-order valence-electron chi connectivity index (χ3n) is 10.1. The summed E-state index contributed by atoms with van der Waals surface area (Å²) in [6.07, 6.45) is 1.25. The van der Waals surface area contributed by atoms with Crippen LogP contribution < -0.4 is 0 Å². The van der Waals surface area contributed by atoms with Crippen molar-refractivity contribution in [1.82, 2.24) is 0 Å². The van der Waals surface area contributed by atoms with Crippen molar-refractivity contribution in [3.8, 4) is 44.5 Å². The van der Waals surface area contributed by atoms with Crippen LogP contribution in [-0.2, 0) is 0 Å². The van der Waals surface area contributed by atoms with E-state index in [1.807, 2.05) is 111 Å². The van der Waals surface area contributed by atoms with E-state index in [-0.39, 0.29) is 0 Å². The zero-order valence-corrected chi connectivity index (χ0v) is 47.5. The largest absolute Gasteiger partial charge is 0.0683 e. The highest BCUT2D eigenvalue weighted by atomic mass is 14.2. The summed E-state index contributed by atoms with van der Waals surface area (Å²) >= 11 is 0. The maximum atomic E-state index is 2.25. The van der Waals surface area contributed by atoms with Crippen LogP contribution in [0.25, 0.3) is 87.6 Å². The number of hydrogen-bond acceptors (Lipinski definition) is 0. The molecule has 0 N–H and O–H groups in total. The lowest BCUT2D eigenvalue weighted by molar-refractivity contribution is 1.09. The molecule has 0 aliphatic heterocycles. The molecule has 0 heteroatoms. The minimum Gasteiger partial charge on any atom is -0.0683 e. The third kappa shape index (κ3) is 17.3. The van der Waals surface area contributed by atoms with Gasteiger partial charge in [-0.25, -0.2) is 0 Å². The van der Waals surface area contributed by atoms with Gasteiger partial charge in [0.1, 0.15) is 0 Å². The van der Waals surface area contributed by atoms with E-state index in [1.165, 1.54) is 94.0 Å². The molecule has 0 aliphatic rings. The predicted molar refractivity (Wildman–Crippen MR) is 331 cm³/mol. The molecule has 0 aliphatic carbocycles. The Morgan fingerprint density at radius 2 is 0.268 bits per heavy atom. The molecule has 0 spiro atoms. The lowest BCUT2D eigenvalue weighted by Gasteiger charge is -2.17. The Morgan fingerprint density at radius 1 is 0.169 bits per heavy atom. The highest BCUT2D eigenvalue weighted by molar-refractivity contribution is 6.22. The van der Waals surface area contributed by atoms with Crippen molar-refractivity contribution in [2.75, 3.05) is 0 Å². The molecule has 0 heterocycles. The fourth-order valence-corrected chi connectivity index (χ4v) is 7.92. The first kappa shape index (κ1) is 64.2. The number of fused-ring (bicyclic) bond motifs is 4. The molecule has 0 saturated carbocycles. The second-order valence-electron chi connectivity index (χ2n) is 13.9. The predicted octanol–water partition coefficient (Wildman–Crippen LogP) is 24.3. The van der Waals surface area contributed by atoms with Gasteiger partial charge < -0.3 is 0 Å². The highest BCUT2D eigenvalue weighted by Gasteiger charge is 2.17. The minimum absolute atomic E-state index is 1.25. The summed E-state index contributed by atoms with van der Waals surface area (Å²) in [6, 6.07) is 77.9. The van der Waals surface area contributed by atoms with Crippen LogP contribution in [0.15, 0.2) is 218 Å². The summed E-state index contributed by atoms with van der Waals surface area (Å²) in [4.78, 5) is 0. The Balaban J connectivity index is 0.00000104. The van der Waals surface area contributed by atoms with Gasteiger partial charge in [0.15, 0.2) is 0 Å². The third-order valence-corrected chi connectivity index (χ3v) is 10.1. The molecule has 10 aromatic rings. The van der Waals surface area contributed by atoms with Gasteiger partial charge >= 0.3 is 0 Å². The Labute approximate surface area is 434 Å². The zero-order valence-electron chi connectivity index (χ0n) is 47.5. The maximum Gasteiger partial charge on any atom is -0.00264 e. The van der Waals surface area contributed by atoms with Crippen molar-refractivity contribution in [2.45, 2.75) is 131 Å². The molecular weight excluding hydrogens is 853 g/mol. The van der Waals surface area contributed by atoms with Crippen LogP contribution in [0.5, 0.6) is 0 Å². The molecule has 0 bridgehead atoms. The topological polar surface area (TPSA) is 0 Å². The average molecular weight is 946 g/mol. The SMILES string of the molecule is CC.CC.CC.CC.CC.CC.CC.CC.CCC.c1ccc(-c2c3ccccc3c(-c3ccccc3)c3ccccc23)cc1.c1ccc(-c2c3ccccc3c(-c3ccccc3)c3ccccc23)cc1. The molecule has 10 rings (SSSR count). The normalized spacial score (nSPS) is 9.04. The first-order chi connectivity index (χ1) is 35.3. The van der Waals surface area contributed by atoms with Crippen LogP contribution in [0.4, 0.5) is 0 Å². The summed E-state index contributed by atoms with van der Waals surface area (Å²) in [5, 5.41) is 10.4. The summed E-state index contributed by atoms with van der Waals surface area (Å²) in [5.74, 6) is 0. The number of hydrogen-bond donors (Lipinski definition) is 0. The van der Waals surface area contributed by atoms with Crippen LogP contribution in [0.1, 0.15) is 131 Å². The molecule has 0 radical (unpaired) electrons. The molecule has 0 saturated heterocycles. The molecule has 0 amide bonds.